The van der Waals surface area contributed by atoms with Crippen molar-refractivity contribution in [2.24, 2.45) is 0 Å². The summed E-state index contributed by atoms with van der Waals surface area (Å²) in [6, 6.07) is 7.20. The topological polar surface area (TPSA) is 79.3 Å². The number of aromatic nitrogens is 1. The summed E-state index contributed by atoms with van der Waals surface area (Å²) in [6.07, 6.45) is 1.26. The van der Waals surface area contributed by atoms with Crippen molar-refractivity contribution in [1.82, 2.24) is 4.98 Å². The van der Waals surface area contributed by atoms with Gasteiger partial charge in [0.2, 0.25) is 0 Å². The molecule has 1 aromatic heterocycles. The molecule has 0 unspecified atom stereocenters. The van der Waals surface area contributed by atoms with Gasteiger partial charge in [0, 0.05) is 15.6 Å². The SMILES string of the molecule is O=C(Nc1ccc(C(=O)O)nc1)c1cc(Cl)cc(Cl)c1. The van der Waals surface area contributed by atoms with Crippen molar-refractivity contribution in [3.8, 4) is 0 Å². The Balaban J connectivity index is 2.16. The minimum atomic E-state index is -1.13. The molecular weight excluding hydrogens is 303 g/mol. The molecule has 0 fully saturated rings. The van der Waals surface area contributed by atoms with Gasteiger partial charge < -0.3 is 10.4 Å². The highest BCUT2D eigenvalue weighted by atomic mass is 35.5. The number of carboxylic acid groups (broad SMARTS) is 1. The summed E-state index contributed by atoms with van der Waals surface area (Å²) in [4.78, 5) is 26.3. The van der Waals surface area contributed by atoms with E-state index < -0.39 is 11.9 Å². The molecule has 20 heavy (non-hydrogen) atoms. The van der Waals surface area contributed by atoms with Crippen molar-refractivity contribution in [2.45, 2.75) is 0 Å². The van der Waals surface area contributed by atoms with Crippen LogP contribution in [0.1, 0.15) is 20.8 Å². The van der Waals surface area contributed by atoms with Gasteiger partial charge in [-0.2, -0.15) is 0 Å². The predicted octanol–water partition coefficient (Wildman–Crippen LogP) is 3.34. The molecule has 5 nitrogen and oxygen atoms in total. The second-order valence-corrected chi connectivity index (χ2v) is 4.72. The molecular formula is C13H8Cl2N2O3. The Kier molecular flexibility index (Phi) is 4.22. The van der Waals surface area contributed by atoms with E-state index in [0.29, 0.717) is 21.3 Å². The van der Waals surface area contributed by atoms with Crippen LogP contribution in [0.5, 0.6) is 0 Å². The first-order valence-corrected chi connectivity index (χ1v) is 6.18. The van der Waals surface area contributed by atoms with Gasteiger partial charge in [0.1, 0.15) is 5.69 Å². The number of hydrogen-bond acceptors (Lipinski definition) is 3. The number of anilines is 1. The van der Waals surface area contributed by atoms with Crippen molar-refractivity contribution < 1.29 is 14.7 Å². The van der Waals surface area contributed by atoms with Gasteiger partial charge in [-0.15, -0.1) is 0 Å². The highest BCUT2D eigenvalue weighted by Gasteiger charge is 2.09. The van der Waals surface area contributed by atoms with Gasteiger partial charge in [0.15, 0.2) is 0 Å². The van der Waals surface area contributed by atoms with Gasteiger partial charge in [-0.25, -0.2) is 9.78 Å². The molecule has 2 aromatic rings. The largest absolute Gasteiger partial charge is 0.477 e. The van der Waals surface area contributed by atoms with Crippen LogP contribution in [-0.2, 0) is 0 Å². The van der Waals surface area contributed by atoms with E-state index in [0.717, 1.165) is 0 Å². The highest BCUT2D eigenvalue weighted by Crippen LogP contribution is 2.20. The van der Waals surface area contributed by atoms with Crippen molar-refractivity contribution in [2.75, 3.05) is 5.32 Å². The van der Waals surface area contributed by atoms with Gasteiger partial charge in [0.05, 0.1) is 11.9 Å². The molecule has 1 heterocycles. The van der Waals surface area contributed by atoms with Crippen molar-refractivity contribution in [3.05, 3.63) is 57.8 Å². The lowest BCUT2D eigenvalue weighted by molar-refractivity contribution is 0.0690. The van der Waals surface area contributed by atoms with E-state index in [2.05, 4.69) is 10.3 Å². The molecule has 0 bridgehead atoms. The van der Waals surface area contributed by atoms with E-state index >= 15 is 0 Å². The summed E-state index contributed by atoms with van der Waals surface area (Å²) in [5, 5.41) is 12.0. The third-order valence-corrected chi connectivity index (χ3v) is 2.80. The van der Waals surface area contributed by atoms with Crippen molar-refractivity contribution in [3.63, 3.8) is 0 Å². The Morgan fingerprint density at radius 3 is 2.25 bits per heavy atom. The lowest BCUT2D eigenvalue weighted by atomic mass is 10.2. The number of carbonyl (C=O) groups excluding carboxylic acids is 1. The summed E-state index contributed by atoms with van der Waals surface area (Å²) in [7, 11) is 0. The van der Waals surface area contributed by atoms with Gasteiger partial charge in [0.25, 0.3) is 5.91 Å². The van der Waals surface area contributed by atoms with E-state index in [1.165, 1.54) is 36.5 Å². The van der Waals surface area contributed by atoms with Gasteiger partial charge in [-0.3, -0.25) is 4.79 Å². The summed E-state index contributed by atoms with van der Waals surface area (Å²) >= 11 is 11.6. The number of carbonyl (C=O) groups is 2. The molecule has 0 saturated carbocycles. The molecule has 7 heteroatoms. The van der Waals surface area contributed by atoms with E-state index in [1.54, 1.807) is 0 Å². The number of rotatable bonds is 3. The van der Waals surface area contributed by atoms with Gasteiger partial charge in [-0.05, 0) is 30.3 Å². The zero-order valence-electron chi connectivity index (χ0n) is 9.93. The second kappa shape index (κ2) is 5.90. The molecule has 0 aliphatic heterocycles. The number of carboxylic acids is 1. The Labute approximate surface area is 124 Å². The summed E-state index contributed by atoms with van der Waals surface area (Å²) < 4.78 is 0. The maximum absolute atomic E-state index is 12.0. The smallest absolute Gasteiger partial charge is 0.354 e. The molecule has 0 aliphatic carbocycles. The Hall–Kier alpha value is -2.11. The number of nitrogens with zero attached hydrogens (tertiary/aromatic N) is 1. The first-order valence-electron chi connectivity index (χ1n) is 5.42. The van der Waals surface area contributed by atoms with E-state index in [9.17, 15) is 9.59 Å². The fourth-order valence-corrected chi connectivity index (χ4v) is 2.01. The maximum Gasteiger partial charge on any atom is 0.354 e. The van der Waals surface area contributed by atoms with E-state index in [1.807, 2.05) is 0 Å². The van der Waals surface area contributed by atoms with Gasteiger partial charge in [-0.1, -0.05) is 23.2 Å². The van der Waals surface area contributed by atoms with Crippen LogP contribution in [0.15, 0.2) is 36.5 Å². The van der Waals surface area contributed by atoms with Crippen molar-refractivity contribution >= 4 is 40.8 Å². The third-order valence-electron chi connectivity index (χ3n) is 2.37. The fraction of sp³-hybridized carbons (Fsp3) is 0. The summed E-state index contributed by atoms with van der Waals surface area (Å²) in [5.74, 6) is -1.55. The molecule has 0 aliphatic rings. The number of benzene rings is 1. The standard InChI is InChI=1S/C13H8Cl2N2O3/c14-8-3-7(4-9(15)5-8)12(18)17-10-1-2-11(13(19)20)16-6-10/h1-6H,(H,17,18)(H,19,20). The second-order valence-electron chi connectivity index (χ2n) is 3.85. The zero-order chi connectivity index (χ0) is 14.7. The van der Waals surface area contributed by atoms with Gasteiger partial charge >= 0.3 is 5.97 Å². The third kappa shape index (κ3) is 3.46. The monoisotopic (exact) mass is 310 g/mol. The highest BCUT2D eigenvalue weighted by molar-refractivity contribution is 6.35. The molecule has 0 atom stereocenters. The fourth-order valence-electron chi connectivity index (χ4n) is 1.48. The first kappa shape index (κ1) is 14.3. The quantitative estimate of drug-likeness (QED) is 0.911. The lowest BCUT2D eigenvalue weighted by Crippen LogP contribution is -2.12. The maximum atomic E-state index is 12.0. The first-order chi connectivity index (χ1) is 9.45. The van der Waals surface area contributed by atoms with E-state index in [-0.39, 0.29) is 5.69 Å². The van der Waals surface area contributed by atoms with Crippen LogP contribution >= 0.6 is 23.2 Å². The Bertz CT molecular complexity index is 652. The summed E-state index contributed by atoms with van der Waals surface area (Å²) in [6.45, 7) is 0. The number of amides is 1. The number of halogens is 2. The molecule has 0 radical (unpaired) electrons. The van der Waals surface area contributed by atoms with Crippen LogP contribution < -0.4 is 5.32 Å². The van der Waals surface area contributed by atoms with Crippen LogP contribution in [-0.4, -0.2) is 22.0 Å². The molecule has 1 amide bonds. The Morgan fingerprint density at radius 1 is 1.10 bits per heavy atom. The molecule has 2 N–H and O–H groups in total. The van der Waals surface area contributed by atoms with Crippen LogP contribution in [0, 0.1) is 0 Å². The lowest BCUT2D eigenvalue weighted by Gasteiger charge is -2.06. The molecule has 1 aromatic carbocycles. The summed E-state index contributed by atoms with van der Waals surface area (Å²) in [5.41, 5.74) is 0.565. The molecule has 0 saturated heterocycles. The number of aromatic carboxylic acids is 1. The van der Waals surface area contributed by atoms with E-state index in [4.69, 9.17) is 28.3 Å². The van der Waals surface area contributed by atoms with Crippen LogP contribution in [0.2, 0.25) is 10.0 Å². The number of pyridine rings is 1. The molecule has 2 rings (SSSR count). The van der Waals surface area contributed by atoms with Crippen molar-refractivity contribution in [1.29, 1.82) is 0 Å². The minimum absolute atomic E-state index is 0.103. The predicted molar refractivity (Wildman–Crippen MR) is 75.6 cm³/mol. The number of nitrogens with one attached hydrogen (secondary N) is 1. The van der Waals surface area contributed by atoms with Crippen LogP contribution in [0.25, 0.3) is 0 Å². The normalized spacial score (nSPS) is 10.1. The average Bonchev–Trinajstić information content (AvgIpc) is 2.38. The number of hydrogen-bond donors (Lipinski definition) is 2. The van der Waals surface area contributed by atoms with Crippen LogP contribution in [0.4, 0.5) is 5.69 Å². The van der Waals surface area contributed by atoms with Crippen LogP contribution in [0.3, 0.4) is 0 Å². The molecule has 102 valence electrons. The molecule has 0 spiro atoms. The zero-order valence-corrected chi connectivity index (χ0v) is 11.4. The Morgan fingerprint density at radius 2 is 1.75 bits per heavy atom. The minimum Gasteiger partial charge on any atom is -0.477 e. The average molecular weight is 311 g/mol.